The fraction of sp³-hybridized carbons (Fsp3) is 0.500. The normalized spacial score (nSPS) is 11.7. The summed E-state index contributed by atoms with van der Waals surface area (Å²) in [6.45, 7) is 3.57. The average molecular weight is 319 g/mol. The Balaban J connectivity index is 2.81. The molecule has 0 aromatic carbocycles. The SMILES string of the molecule is CCOC(=O)c1sc(N[C@@H](CSN=O)C(=O)O)nc1C. The molecule has 20 heavy (non-hydrogen) atoms. The van der Waals surface area contributed by atoms with Crippen LogP contribution in [0.4, 0.5) is 5.13 Å². The van der Waals surface area contributed by atoms with Crippen LogP contribution in [0.2, 0.25) is 0 Å². The number of nitroso groups, excluding NO2 is 1. The number of thiazole rings is 1. The van der Waals surface area contributed by atoms with Crippen LogP contribution in [0.3, 0.4) is 0 Å². The summed E-state index contributed by atoms with van der Waals surface area (Å²) in [5.41, 5.74) is 0.459. The maximum absolute atomic E-state index is 11.6. The van der Waals surface area contributed by atoms with Gasteiger partial charge in [0.15, 0.2) is 5.13 Å². The highest BCUT2D eigenvalue weighted by Crippen LogP contribution is 2.24. The van der Waals surface area contributed by atoms with E-state index in [1.165, 1.54) is 0 Å². The summed E-state index contributed by atoms with van der Waals surface area (Å²) < 4.78 is 7.41. The number of aromatic nitrogens is 1. The Hall–Kier alpha value is -1.68. The molecule has 10 heteroatoms. The van der Waals surface area contributed by atoms with E-state index in [0.29, 0.717) is 22.5 Å². The van der Waals surface area contributed by atoms with Crippen molar-refractivity contribution < 1.29 is 19.4 Å². The van der Waals surface area contributed by atoms with Crippen LogP contribution in [-0.2, 0) is 9.53 Å². The molecule has 1 rings (SSSR count). The van der Waals surface area contributed by atoms with E-state index in [0.717, 1.165) is 11.3 Å². The molecule has 1 heterocycles. The van der Waals surface area contributed by atoms with Gasteiger partial charge in [0.25, 0.3) is 0 Å². The molecule has 1 aromatic rings. The van der Waals surface area contributed by atoms with Crippen molar-refractivity contribution in [2.24, 2.45) is 4.58 Å². The smallest absolute Gasteiger partial charge is 0.350 e. The second kappa shape index (κ2) is 7.80. The molecule has 0 spiro atoms. The van der Waals surface area contributed by atoms with E-state index in [1.807, 2.05) is 0 Å². The topological polar surface area (TPSA) is 118 Å². The molecule has 2 N–H and O–H groups in total. The highest BCUT2D eigenvalue weighted by atomic mass is 32.2. The summed E-state index contributed by atoms with van der Waals surface area (Å²) in [7, 11) is 0. The number of hydrogen-bond donors (Lipinski definition) is 2. The number of hydrogen-bond acceptors (Lipinski definition) is 9. The van der Waals surface area contributed by atoms with Gasteiger partial charge in [0.2, 0.25) is 0 Å². The van der Waals surface area contributed by atoms with E-state index >= 15 is 0 Å². The van der Waals surface area contributed by atoms with Crippen molar-refractivity contribution in [3.8, 4) is 0 Å². The van der Waals surface area contributed by atoms with E-state index in [2.05, 4.69) is 14.9 Å². The van der Waals surface area contributed by atoms with Crippen LogP contribution in [0.1, 0.15) is 22.3 Å². The Bertz CT molecular complexity index is 505. The number of ether oxygens (including phenoxy) is 1. The fourth-order valence-electron chi connectivity index (χ4n) is 1.27. The lowest BCUT2D eigenvalue weighted by Gasteiger charge is -2.10. The van der Waals surface area contributed by atoms with Gasteiger partial charge in [0.1, 0.15) is 10.9 Å². The van der Waals surface area contributed by atoms with Gasteiger partial charge in [-0.3, -0.25) is 0 Å². The van der Waals surface area contributed by atoms with Crippen LogP contribution >= 0.6 is 23.3 Å². The number of aryl methyl sites for hydroxylation is 1. The van der Waals surface area contributed by atoms with Gasteiger partial charge in [0, 0.05) is 22.3 Å². The molecule has 8 nitrogen and oxygen atoms in total. The molecular formula is C10H13N3O5S2. The van der Waals surface area contributed by atoms with Gasteiger partial charge in [-0.05, 0) is 13.8 Å². The number of carbonyl (C=O) groups is 2. The zero-order valence-corrected chi connectivity index (χ0v) is 12.4. The zero-order chi connectivity index (χ0) is 15.1. The zero-order valence-electron chi connectivity index (χ0n) is 10.8. The van der Waals surface area contributed by atoms with Crippen molar-refractivity contribution in [1.29, 1.82) is 0 Å². The Morgan fingerprint density at radius 2 is 2.30 bits per heavy atom. The molecule has 1 atom stereocenters. The van der Waals surface area contributed by atoms with Gasteiger partial charge in [-0.25, -0.2) is 14.6 Å². The number of carboxylic acids is 1. The lowest BCUT2D eigenvalue weighted by molar-refractivity contribution is -0.137. The number of aliphatic carboxylic acids is 1. The quantitative estimate of drug-likeness (QED) is 0.424. The molecule has 0 bridgehead atoms. The number of anilines is 1. The minimum atomic E-state index is -1.13. The summed E-state index contributed by atoms with van der Waals surface area (Å²) >= 11 is 1.61. The van der Waals surface area contributed by atoms with E-state index in [1.54, 1.807) is 13.8 Å². The van der Waals surface area contributed by atoms with Crippen LogP contribution in [-0.4, -0.2) is 40.4 Å². The molecule has 0 saturated heterocycles. The van der Waals surface area contributed by atoms with Crippen LogP contribution < -0.4 is 5.32 Å². The van der Waals surface area contributed by atoms with Crippen molar-refractivity contribution in [3.05, 3.63) is 15.5 Å². The molecule has 1 aromatic heterocycles. The Labute approximate surface area is 123 Å². The summed E-state index contributed by atoms with van der Waals surface area (Å²) in [4.78, 5) is 37.0. The molecule has 110 valence electrons. The first kappa shape index (κ1) is 16.4. The van der Waals surface area contributed by atoms with Gasteiger partial charge < -0.3 is 15.2 Å². The lowest BCUT2D eigenvalue weighted by Crippen LogP contribution is -2.31. The van der Waals surface area contributed by atoms with E-state index in [4.69, 9.17) is 9.84 Å². The van der Waals surface area contributed by atoms with Gasteiger partial charge in [-0.2, -0.15) is 0 Å². The summed E-state index contributed by atoms with van der Waals surface area (Å²) in [6.07, 6.45) is 0. The van der Waals surface area contributed by atoms with Crippen LogP contribution in [0.25, 0.3) is 0 Å². The third-order valence-corrected chi connectivity index (χ3v) is 3.80. The third kappa shape index (κ3) is 4.46. The summed E-state index contributed by atoms with van der Waals surface area (Å²) in [6, 6.07) is -1.02. The predicted octanol–water partition coefficient (Wildman–Crippen LogP) is 1.91. The standard InChI is InChI=1S/C10H13N3O5S2/c1-3-18-9(16)7-5(2)11-10(20-7)12-6(8(14)15)4-19-13-17/h6H,3-4H2,1-2H3,(H,11,12)(H,14,15)/t6-/m0/s1. The van der Waals surface area contributed by atoms with Crippen molar-refractivity contribution >= 4 is 40.4 Å². The lowest BCUT2D eigenvalue weighted by atomic mass is 10.3. The maximum Gasteiger partial charge on any atom is 0.350 e. The highest BCUT2D eigenvalue weighted by molar-refractivity contribution is 7.97. The van der Waals surface area contributed by atoms with Crippen molar-refractivity contribution in [2.45, 2.75) is 19.9 Å². The first-order valence-corrected chi connectivity index (χ1v) is 7.34. The molecule has 0 aliphatic rings. The fourth-order valence-corrected chi connectivity index (χ4v) is 2.62. The van der Waals surface area contributed by atoms with Crippen molar-refractivity contribution in [3.63, 3.8) is 0 Å². The summed E-state index contributed by atoms with van der Waals surface area (Å²) in [5, 5.41) is 11.9. The second-order valence-electron chi connectivity index (χ2n) is 3.56. The van der Waals surface area contributed by atoms with Gasteiger partial charge >= 0.3 is 11.9 Å². The van der Waals surface area contributed by atoms with Gasteiger partial charge in [-0.1, -0.05) is 11.3 Å². The van der Waals surface area contributed by atoms with E-state index in [9.17, 15) is 14.5 Å². The average Bonchev–Trinajstić information content (AvgIpc) is 2.75. The Morgan fingerprint density at radius 3 is 2.85 bits per heavy atom. The second-order valence-corrected chi connectivity index (χ2v) is 5.30. The molecule has 0 radical (unpaired) electrons. The minimum absolute atomic E-state index is 0.0355. The predicted molar refractivity (Wildman–Crippen MR) is 76.1 cm³/mol. The number of nitrogens with one attached hydrogen (secondary N) is 1. The number of rotatable bonds is 8. The molecule has 0 saturated carbocycles. The van der Waals surface area contributed by atoms with Crippen molar-refractivity contribution in [2.75, 3.05) is 17.7 Å². The molecule has 0 amide bonds. The van der Waals surface area contributed by atoms with Crippen LogP contribution in [0.5, 0.6) is 0 Å². The molecule has 0 fully saturated rings. The van der Waals surface area contributed by atoms with E-state index < -0.39 is 18.0 Å². The number of carbonyl (C=O) groups excluding carboxylic acids is 1. The molecule has 0 aliphatic carbocycles. The number of esters is 1. The highest BCUT2D eigenvalue weighted by Gasteiger charge is 2.22. The molecule has 0 unspecified atom stereocenters. The van der Waals surface area contributed by atoms with Gasteiger partial charge in [-0.15, -0.1) is 4.91 Å². The van der Waals surface area contributed by atoms with Crippen LogP contribution in [0.15, 0.2) is 4.58 Å². The maximum atomic E-state index is 11.6. The number of carboxylic acid groups (broad SMARTS) is 1. The molecular weight excluding hydrogens is 306 g/mol. The van der Waals surface area contributed by atoms with Gasteiger partial charge in [0.05, 0.1) is 12.3 Å². The number of nitrogens with zero attached hydrogens (tertiary/aromatic N) is 2. The Morgan fingerprint density at radius 1 is 1.60 bits per heavy atom. The van der Waals surface area contributed by atoms with Crippen molar-refractivity contribution in [1.82, 2.24) is 4.98 Å². The van der Waals surface area contributed by atoms with E-state index in [-0.39, 0.29) is 17.5 Å². The van der Waals surface area contributed by atoms with Crippen LogP contribution in [0, 0.1) is 11.8 Å². The minimum Gasteiger partial charge on any atom is -0.480 e. The first-order chi connectivity index (χ1) is 9.49. The third-order valence-electron chi connectivity index (χ3n) is 2.15. The summed E-state index contributed by atoms with van der Waals surface area (Å²) in [5.74, 6) is -1.66. The Kier molecular flexibility index (Phi) is 6.39. The largest absolute Gasteiger partial charge is 0.480 e. The first-order valence-electron chi connectivity index (χ1n) is 5.58. The monoisotopic (exact) mass is 319 g/mol. The molecule has 0 aliphatic heterocycles.